The molecule has 5 heteroatoms. The fourth-order valence-electron chi connectivity index (χ4n) is 3.17. The van der Waals surface area contributed by atoms with Gasteiger partial charge in [-0.1, -0.05) is 18.2 Å². The number of hydrogen-bond acceptors (Lipinski definition) is 4. The van der Waals surface area contributed by atoms with Crippen LogP contribution in [-0.4, -0.2) is 56.0 Å². The average molecular weight is 304 g/mol. The summed E-state index contributed by atoms with van der Waals surface area (Å²) < 4.78 is 11.4. The third-order valence-corrected chi connectivity index (χ3v) is 4.52. The van der Waals surface area contributed by atoms with Gasteiger partial charge in [0, 0.05) is 38.2 Å². The van der Waals surface area contributed by atoms with Gasteiger partial charge in [0.15, 0.2) is 5.79 Å². The topological polar surface area (TPSA) is 42.0 Å². The third-order valence-electron chi connectivity index (χ3n) is 4.52. The molecule has 0 aliphatic carbocycles. The van der Waals surface area contributed by atoms with Crippen molar-refractivity contribution in [1.29, 1.82) is 0 Å². The molecule has 2 aliphatic rings. The molecule has 1 spiro atoms. The van der Waals surface area contributed by atoms with Gasteiger partial charge >= 0.3 is 0 Å². The predicted octanol–water partition coefficient (Wildman–Crippen LogP) is 1.88. The Hall–Kier alpha value is -1.59. The summed E-state index contributed by atoms with van der Waals surface area (Å²) in [7, 11) is 0. The summed E-state index contributed by atoms with van der Waals surface area (Å²) in [6.07, 6.45) is 1.55. The first-order valence-electron chi connectivity index (χ1n) is 8.08. The van der Waals surface area contributed by atoms with Crippen molar-refractivity contribution in [3.63, 3.8) is 0 Å². The number of hydrogen-bond donors (Lipinski definition) is 0. The first kappa shape index (κ1) is 15.3. The van der Waals surface area contributed by atoms with E-state index in [1.165, 1.54) is 0 Å². The van der Waals surface area contributed by atoms with E-state index in [1.54, 1.807) is 0 Å². The summed E-state index contributed by atoms with van der Waals surface area (Å²) in [5.74, 6) is -0.237. The molecular weight excluding hydrogens is 280 g/mol. The van der Waals surface area contributed by atoms with Crippen molar-refractivity contribution in [2.75, 3.05) is 44.3 Å². The molecule has 0 atom stereocenters. The van der Waals surface area contributed by atoms with Crippen LogP contribution in [0.4, 0.5) is 5.69 Å². The van der Waals surface area contributed by atoms with E-state index < -0.39 is 5.79 Å². The molecule has 0 saturated carbocycles. The van der Waals surface area contributed by atoms with Crippen LogP contribution < -0.4 is 4.90 Å². The zero-order valence-corrected chi connectivity index (χ0v) is 13.2. The summed E-state index contributed by atoms with van der Waals surface area (Å²) in [5.41, 5.74) is 1.09. The first-order chi connectivity index (χ1) is 10.7. The van der Waals surface area contributed by atoms with Crippen molar-refractivity contribution in [2.45, 2.75) is 25.6 Å². The van der Waals surface area contributed by atoms with Crippen LogP contribution in [0.3, 0.4) is 0 Å². The molecule has 3 rings (SSSR count). The number of carbonyl (C=O) groups excluding carboxylic acids is 1. The third kappa shape index (κ3) is 3.25. The SMILES string of the molecule is CCN(CC(=O)N1CCC2(CC1)OCCO2)c1ccccc1. The molecule has 120 valence electrons. The summed E-state index contributed by atoms with van der Waals surface area (Å²) >= 11 is 0. The molecule has 0 unspecified atom stereocenters. The minimum atomic E-state index is -0.416. The van der Waals surface area contributed by atoms with Gasteiger partial charge in [-0.05, 0) is 19.1 Å². The molecule has 0 N–H and O–H groups in total. The maximum absolute atomic E-state index is 12.5. The summed E-state index contributed by atoms with van der Waals surface area (Å²) in [4.78, 5) is 16.6. The molecule has 0 aromatic heterocycles. The van der Waals surface area contributed by atoms with E-state index in [2.05, 4.69) is 11.8 Å². The number of ether oxygens (including phenoxy) is 2. The van der Waals surface area contributed by atoms with Crippen LogP contribution in [0, 0.1) is 0 Å². The second-order valence-electron chi connectivity index (χ2n) is 5.84. The fraction of sp³-hybridized carbons (Fsp3) is 0.588. The molecular formula is C17H24N2O3. The number of anilines is 1. The van der Waals surface area contributed by atoms with Gasteiger partial charge in [0.1, 0.15) is 0 Å². The van der Waals surface area contributed by atoms with E-state index >= 15 is 0 Å². The molecule has 5 nitrogen and oxygen atoms in total. The van der Waals surface area contributed by atoms with Crippen LogP contribution in [-0.2, 0) is 14.3 Å². The van der Waals surface area contributed by atoms with Crippen LogP contribution in [0.2, 0.25) is 0 Å². The van der Waals surface area contributed by atoms with Crippen LogP contribution in [0.1, 0.15) is 19.8 Å². The number of piperidine rings is 1. The van der Waals surface area contributed by atoms with Crippen molar-refractivity contribution in [3.8, 4) is 0 Å². The van der Waals surface area contributed by atoms with Gasteiger partial charge in [0.2, 0.25) is 5.91 Å². The fourth-order valence-corrected chi connectivity index (χ4v) is 3.17. The molecule has 1 aromatic carbocycles. The average Bonchev–Trinajstić information content (AvgIpc) is 3.02. The van der Waals surface area contributed by atoms with Crippen molar-refractivity contribution in [3.05, 3.63) is 30.3 Å². The van der Waals surface area contributed by atoms with Crippen molar-refractivity contribution < 1.29 is 14.3 Å². The highest BCUT2D eigenvalue weighted by Crippen LogP contribution is 2.31. The van der Waals surface area contributed by atoms with Gasteiger partial charge in [0.05, 0.1) is 19.8 Å². The Balaban J connectivity index is 1.56. The highest BCUT2D eigenvalue weighted by molar-refractivity contribution is 5.81. The van der Waals surface area contributed by atoms with Crippen molar-refractivity contribution in [1.82, 2.24) is 4.90 Å². The Bertz CT molecular complexity index is 490. The number of likely N-dealkylation sites (N-methyl/N-ethyl adjacent to an activating group) is 1. The Morgan fingerprint density at radius 1 is 1.18 bits per heavy atom. The molecule has 0 radical (unpaired) electrons. The molecule has 1 aromatic rings. The lowest BCUT2D eigenvalue weighted by atomic mass is 10.0. The minimum Gasteiger partial charge on any atom is -0.362 e. The van der Waals surface area contributed by atoms with E-state index in [0.717, 1.165) is 25.1 Å². The van der Waals surface area contributed by atoms with E-state index in [1.807, 2.05) is 35.2 Å². The number of nitrogens with zero attached hydrogens (tertiary/aromatic N) is 2. The lowest BCUT2D eigenvalue weighted by molar-refractivity contribution is -0.187. The van der Waals surface area contributed by atoms with Crippen LogP contribution in [0.25, 0.3) is 0 Å². The predicted molar refractivity (Wildman–Crippen MR) is 84.8 cm³/mol. The smallest absolute Gasteiger partial charge is 0.242 e. The number of para-hydroxylation sites is 1. The molecule has 1 amide bonds. The highest BCUT2D eigenvalue weighted by Gasteiger charge is 2.40. The van der Waals surface area contributed by atoms with Crippen LogP contribution in [0.15, 0.2) is 30.3 Å². The quantitative estimate of drug-likeness (QED) is 0.852. The summed E-state index contributed by atoms with van der Waals surface area (Å²) in [6.45, 7) is 6.09. The lowest BCUT2D eigenvalue weighted by Crippen LogP contribution is -2.49. The van der Waals surface area contributed by atoms with Gasteiger partial charge in [-0.15, -0.1) is 0 Å². The van der Waals surface area contributed by atoms with Crippen molar-refractivity contribution >= 4 is 11.6 Å². The molecule has 2 aliphatic heterocycles. The standard InChI is InChI=1S/C17H24N2O3/c1-2-18(15-6-4-3-5-7-15)14-16(20)19-10-8-17(9-11-19)21-12-13-22-17/h3-7H,2,8-14H2,1H3. The second kappa shape index (κ2) is 6.67. The largest absolute Gasteiger partial charge is 0.362 e. The normalized spacial score (nSPS) is 20.3. The van der Waals surface area contributed by atoms with Gasteiger partial charge in [-0.3, -0.25) is 4.79 Å². The van der Waals surface area contributed by atoms with E-state index in [9.17, 15) is 4.79 Å². The maximum atomic E-state index is 12.5. The molecule has 2 fully saturated rings. The van der Waals surface area contributed by atoms with E-state index in [-0.39, 0.29) is 5.91 Å². The zero-order valence-electron chi connectivity index (χ0n) is 13.2. The number of amides is 1. The highest BCUT2D eigenvalue weighted by atomic mass is 16.7. The zero-order chi connectivity index (χ0) is 15.4. The van der Waals surface area contributed by atoms with Gasteiger partial charge in [-0.25, -0.2) is 0 Å². The Morgan fingerprint density at radius 2 is 1.82 bits per heavy atom. The van der Waals surface area contributed by atoms with E-state index in [0.29, 0.717) is 32.8 Å². The lowest BCUT2D eigenvalue weighted by Gasteiger charge is -2.38. The Labute approximate surface area is 131 Å². The van der Waals surface area contributed by atoms with Gasteiger partial charge < -0.3 is 19.3 Å². The number of carbonyl (C=O) groups is 1. The first-order valence-corrected chi connectivity index (χ1v) is 8.08. The van der Waals surface area contributed by atoms with Crippen LogP contribution >= 0.6 is 0 Å². The van der Waals surface area contributed by atoms with Crippen LogP contribution in [0.5, 0.6) is 0 Å². The Kier molecular flexibility index (Phi) is 4.64. The molecule has 0 bridgehead atoms. The minimum absolute atomic E-state index is 0.179. The maximum Gasteiger partial charge on any atom is 0.242 e. The number of benzene rings is 1. The number of rotatable bonds is 4. The van der Waals surface area contributed by atoms with E-state index in [4.69, 9.17) is 9.47 Å². The Morgan fingerprint density at radius 3 is 2.41 bits per heavy atom. The summed E-state index contributed by atoms with van der Waals surface area (Å²) in [5, 5.41) is 0. The van der Waals surface area contributed by atoms with Crippen molar-refractivity contribution in [2.24, 2.45) is 0 Å². The monoisotopic (exact) mass is 304 g/mol. The molecule has 22 heavy (non-hydrogen) atoms. The van der Waals surface area contributed by atoms with Gasteiger partial charge in [-0.2, -0.15) is 0 Å². The molecule has 2 saturated heterocycles. The second-order valence-corrected chi connectivity index (χ2v) is 5.84. The summed E-state index contributed by atoms with van der Waals surface area (Å²) in [6, 6.07) is 10.1. The number of likely N-dealkylation sites (tertiary alicyclic amines) is 1. The van der Waals surface area contributed by atoms with Gasteiger partial charge in [0.25, 0.3) is 0 Å². The molecule has 2 heterocycles.